The highest BCUT2D eigenvalue weighted by atomic mass is 35.5. The van der Waals surface area contributed by atoms with E-state index in [0.29, 0.717) is 6.54 Å². The molecule has 0 bridgehead atoms. The van der Waals surface area contributed by atoms with Crippen molar-refractivity contribution in [2.45, 2.75) is 18.8 Å². The molecule has 7 heteroatoms. The first-order valence-electron chi connectivity index (χ1n) is 7.55. The van der Waals surface area contributed by atoms with E-state index in [0.717, 1.165) is 42.9 Å². The quantitative estimate of drug-likeness (QED) is 0.908. The molecule has 0 radical (unpaired) electrons. The zero-order valence-electron chi connectivity index (χ0n) is 13.0. The van der Waals surface area contributed by atoms with Crippen LogP contribution in [0.1, 0.15) is 22.7 Å². The van der Waals surface area contributed by atoms with Crippen LogP contribution in [0.5, 0.6) is 0 Å². The van der Waals surface area contributed by atoms with Gasteiger partial charge in [-0.15, -0.1) is 12.4 Å². The highest BCUT2D eigenvalue weighted by molar-refractivity contribution is 5.85. The predicted molar refractivity (Wildman–Crippen MR) is 88.9 cm³/mol. The van der Waals surface area contributed by atoms with E-state index in [2.05, 4.69) is 15.2 Å². The van der Waals surface area contributed by atoms with E-state index in [-0.39, 0.29) is 18.4 Å². The number of aromatic nitrogens is 1. The zero-order valence-corrected chi connectivity index (χ0v) is 13.8. The molecule has 0 spiro atoms. The van der Waals surface area contributed by atoms with Crippen LogP contribution >= 0.6 is 12.4 Å². The fourth-order valence-corrected chi connectivity index (χ4v) is 2.87. The molecule has 0 saturated carbocycles. The molecule has 1 aromatic carbocycles. The maximum Gasteiger partial charge on any atom is 0.416 e. The first-order chi connectivity index (χ1) is 11.0. The Kier molecular flexibility index (Phi) is 6.21. The summed E-state index contributed by atoms with van der Waals surface area (Å²) in [5, 5.41) is 3.36. The lowest BCUT2D eigenvalue weighted by Gasteiger charge is -2.36. The minimum absolute atomic E-state index is 0. The van der Waals surface area contributed by atoms with Crippen LogP contribution < -0.4 is 5.32 Å². The number of hydrogen-bond donors (Lipinski definition) is 1. The Labute approximate surface area is 145 Å². The van der Waals surface area contributed by atoms with Gasteiger partial charge in [0.2, 0.25) is 0 Å². The lowest BCUT2D eigenvalue weighted by molar-refractivity contribution is -0.137. The second-order valence-corrected chi connectivity index (χ2v) is 5.67. The van der Waals surface area contributed by atoms with Crippen molar-refractivity contribution in [3.05, 3.63) is 65.5 Å². The number of nitrogens with zero attached hydrogens (tertiary/aromatic N) is 2. The van der Waals surface area contributed by atoms with Crippen LogP contribution in [0.3, 0.4) is 0 Å². The average molecular weight is 358 g/mol. The molecule has 3 nitrogen and oxygen atoms in total. The fraction of sp³-hybridized carbons (Fsp3) is 0.353. The molecule has 1 unspecified atom stereocenters. The van der Waals surface area contributed by atoms with Crippen molar-refractivity contribution in [3.63, 3.8) is 0 Å². The Morgan fingerprint density at radius 2 is 1.92 bits per heavy atom. The van der Waals surface area contributed by atoms with Crippen molar-refractivity contribution in [1.82, 2.24) is 15.2 Å². The fourth-order valence-electron chi connectivity index (χ4n) is 2.87. The summed E-state index contributed by atoms with van der Waals surface area (Å²) in [5.74, 6) is 0. The molecule has 2 aromatic rings. The molecular weight excluding hydrogens is 339 g/mol. The van der Waals surface area contributed by atoms with Gasteiger partial charge in [-0.1, -0.05) is 18.2 Å². The third-order valence-corrected chi connectivity index (χ3v) is 4.09. The summed E-state index contributed by atoms with van der Waals surface area (Å²) in [5.41, 5.74) is 1.39. The van der Waals surface area contributed by atoms with E-state index >= 15 is 0 Å². The molecule has 0 amide bonds. The predicted octanol–water partition coefficient (Wildman–Crippen LogP) is 3.67. The number of pyridine rings is 1. The summed E-state index contributed by atoms with van der Waals surface area (Å²) in [6.45, 7) is 3.16. The summed E-state index contributed by atoms with van der Waals surface area (Å²) >= 11 is 0. The molecule has 24 heavy (non-hydrogen) atoms. The Hall–Kier alpha value is -1.63. The topological polar surface area (TPSA) is 28.2 Å². The summed E-state index contributed by atoms with van der Waals surface area (Å²) in [7, 11) is 0. The van der Waals surface area contributed by atoms with Crippen molar-refractivity contribution in [2.24, 2.45) is 0 Å². The van der Waals surface area contributed by atoms with Crippen LogP contribution in [-0.4, -0.2) is 29.5 Å². The van der Waals surface area contributed by atoms with Gasteiger partial charge in [0, 0.05) is 44.6 Å². The summed E-state index contributed by atoms with van der Waals surface area (Å²) in [4.78, 5) is 6.43. The van der Waals surface area contributed by atoms with Gasteiger partial charge in [0.05, 0.1) is 5.56 Å². The lowest BCUT2D eigenvalue weighted by Crippen LogP contribution is -2.45. The van der Waals surface area contributed by atoms with E-state index < -0.39 is 11.7 Å². The van der Waals surface area contributed by atoms with Crippen LogP contribution in [0.15, 0.2) is 48.8 Å². The molecule has 1 N–H and O–H groups in total. The summed E-state index contributed by atoms with van der Waals surface area (Å²) in [6.07, 6.45) is -0.705. The molecule has 1 atom stereocenters. The van der Waals surface area contributed by atoms with Gasteiger partial charge >= 0.3 is 6.18 Å². The van der Waals surface area contributed by atoms with Gasteiger partial charge in [0.25, 0.3) is 0 Å². The smallest absolute Gasteiger partial charge is 0.314 e. The average Bonchev–Trinajstić information content (AvgIpc) is 2.56. The van der Waals surface area contributed by atoms with Gasteiger partial charge in [0.15, 0.2) is 0 Å². The van der Waals surface area contributed by atoms with Gasteiger partial charge in [-0.05, 0) is 29.3 Å². The van der Waals surface area contributed by atoms with E-state index in [1.54, 1.807) is 18.3 Å². The molecule has 1 fully saturated rings. The molecule has 1 aliphatic rings. The van der Waals surface area contributed by atoms with E-state index in [1.807, 2.05) is 18.3 Å². The normalized spacial score (nSPS) is 18.9. The standard InChI is InChI=1S/C17H18F3N3.ClH/c18-17(19,20)15-5-3-13(4-6-15)12-23-9-8-22-11-16(23)14-2-1-7-21-10-14;/h1-7,10,16,22H,8-9,11-12H2;1H. The Morgan fingerprint density at radius 1 is 1.17 bits per heavy atom. The molecule has 2 heterocycles. The van der Waals surface area contributed by atoms with Crippen molar-refractivity contribution in [2.75, 3.05) is 19.6 Å². The summed E-state index contributed by atoms with van der Waals surface area (Å²) < 4.78 is 37.9. The van der Waals surface area contributed by atoms with Crippen LogP contribution in [0.2, 0.25) is 0 Å². The van der Waals surface area contributed by atoms with E-state index in [9.17, 15) is 13.2 Å². The Balaban J connectivity index is 0.00000208. The first-order valence-corrected chi connectivity index (χ1v) is 7.55. The zero-order chi connectivity index (χ0) is 16.3. The minimum Gasteiger partial charge on any atom is -0.314 e. The van der Waals surface area contributed by atoms with Gasteiger partial charge in [-0.25, -0.2) is 0 Å². The van der Waals surface area contributed by atoms with Crippen molar-refractivity contribution in [1.29, 1.82) is 0 Å². The van der Waals surface area contributed by atoms with Crippen molar-refractivity contribution < 1.29 is 13.2 Å². The minimum atomic E-state index is -4.29. The van der Waals surface area contributed by atoms with E-state index in [4.69, 9.17) is 0 Å². The van der Waals surface area contributed by atoms with Crippen molar-refractivity contribution >= 4 is 12.4 Å². The lowest BCUT2D eigenvalue weighted by atomic mass is 10.0. The summed E-state index contributed by atoms with van der Waals surface area (Å²) in [6, 6.07) is 9.54. The Bertz CT molecular complexity index is 632. The second kappa shape index (κ2) is 7.96. The number of halogens is 4. The number of alkyl halides is 3. The van der Waals surface area contributed by atoms with Crippen LogP contribution in [0.25, 0.3) is 0 Å². The molecule has 0 aliphatic carbocycles. The molecule has 130 valence electrons. The maximum absolute atomic E-state index is 12.6. The van der Waals surface area contributed by atoms with Gasteiger partial charge in [0.1, 0.15) is 0 Å². The van der Waals surface area contributed by atoms with E-state index in [1.165, 1.54) is 0 Å². The molecule has 3 rings (SSSR count). The molecule has 1 aliphatic heterocycles. The third kappa shape index (κ3) is 4.47. The number of hydrogen-bond acceptors (Lipinski definition) is 3. The van der Waals surface area contributed by atoms with Crippen LogP contribution in [0, 0.1) is 0 Å². The first kappa shape index (κ1) is 18.7. The van der Waals surface area contributed by atoms with Crippen molar-refractivity contribution in [3.8, 4) is 0 Å². The third-order valence-electron chi connectivity index (χ3n) is 4.09. The second-order valence-electron chi connectivity index (χ2n) is 5.67. The van der Waals surface area contributed by atoms with Gasteiger partial charge in [-0.3, -0.25) is 9.88 Å². The number of piperazine rings is 1. The maximum atomic E-state index is 12.6. The molecular formula is C17H19ClF3N3. The number of rotatable bonds is 3. The molecule has 1 aromatic heterocycles. The number of benzene rings is 1. The van der Waals surface area contributed by atoms with Crippen LogP contribution in [0.4, 0.5) is 13.2 Å². The van der Waals surface area contributed by atoms with Gasteiger partial charge < -0.3 is 5.32 Å². The highest BCUT2D eigenvalue weighted by Gasteiger charge is 2.30. The Morgan fingerprint density at radius 3 is 2.54 bits per heavy atom. The largest absolute Gasteiger partial charge is 0.416 e. The van der Waals surface area contributed by atoms with Crippen LogP contribution in [-0.2, 0) is 12.7 Å². The molecule has 1 saturated heterocycles. The SMILES string of the molecule is Cl.FC(F)(F)c1ccc(CN2CCNCC2c2cccnc2)cc1. The highest BCUT2D eigenvalue weighted by Crippen LogP contribution is 2.30. The number of nitrogens with one attached hydrogen (secondary N) is 1. The monoisotopic (exact) mass is 357 g/mol. The van der Waals surface area contributed by atoms with Gasteiger partial charge in [-0.2, -0.15) is 13.2 Å².